The Morgan fingerprint density at radius 1 is 1.61 bits per heavy atom. The lowest BCUT2D eigenvalue weighted by Gasteiger charge is -2.24. The van der Waals surface area contributed by atoms with Gasteiger partial charge in [0.15, 0.2) is 0 Å². The van der Waals surface area contributed by atoms with Gasteiger partial charge < -0.3 is 5.32 Å². The van der Waals surface area contributed by atoms with E-state index in [-0.39, 0.29) is 0 Å². The number of likely N-dealkylation sites (N-methyl/N-ethyl adjacent to an activating group) is 1. The monoisotopic (exact) mass is 331 g/mol. The number of aromatic nitrogens is 2. The Balaban J connectivity index is 2.12. The molecule has 1 N–H and O–H groups in total. The smallest absolute Gasteiger partial charge is 0.0738 e. The van der Waals surface area contributed by atoms with Gasteiger partial charge in [-0.05, 0) is 48.0 Å². The Morgan fingerprint density at radius 2 is 2.39 bits per heavy atom. The average Bonchev–Trinajstić information content (AvgIpc) is 2.93. The first-order valence-electron chi connectivity index (χ1n) is 6.66. The van der Waals surface area contributed by atoms with Gasteiger partial charge in [0.2, 0.25) is 0 Å². The molecule has 5 heteroatoms. The van der Waals surface area contributed by atoms with Crippen molar-refractivity contribution in [3.8, 4) is 0 Å². The topological polar surface area (TPSA) is 29.9 Å². The van der Waals surface area contributed by atoms with Gasteiger partial charge in [-0.2, -0.15) is 16.9 Å². The summed E-state index contributed by atoms with van der Waals surface area (Å²) in [6.07, 6.45) is 3.77. The number of aryl methyl sites for hydroxylation is 2. The first-order chi connectivity index (χ1) is 8.63. The number of halogens is 1. The molecular weight excluding hydrogens is 310 g/mol. The standard InChI is InChI=1S/C13H22BrN3S/c1-4-15-10(12-6-5-7-18-12)8-11-13(14)9(2)16-17(11)3/h10,12,15H,4-8H2,1-3H3. The van der Waals surface area contributed by atoms with Gasteiger partial charge in [0, 0.05) is 24.8 Å². The van der Waals surface area contributed by atoms with Crippen LogP contribution in [0.1, 0.15) is 31.2 Å². The number of nitrogens with one attached hydrogen (secondary N) is 1. The Hall–Kier alpha value is -0.000000000000000111. The summed E-state index contributed by atoms with van der Waals surface area (Å²) in [5, 5.41) is 8.90. The van der Waals surface area contributed by atoms with Crippen LogP contribution in [0, 0.1) is 6.92 Å². The second-order valence-electron chi connectivity index (χ2n) is 4.89. The lowest BCUT2D eigenvalue weighted by atomic mass is 10.0. The van der Waals surface area contributed by atoms with Gasteiger partial charge in [0.25, 0.3) is 0 Å². The van der Waals surface area contributed by atoms with Gasteiger partial charge in [0.1, 0.15) is 0 Å². The van der Waals surface area contributed by atoms with Crippen molar-refractivity contribution in [1.29, 1.82) is 0 Å². The maximum absolute atomic E-state index is 4.49. The van der Waals surface area contributed by atoms with Gasteiger partial charge in [-0.1, -0.05) is 6.92 Å². The van der Waals surface area contributed by atoms with E-state index < -0.39 is 0 Å². The summed E-state index contributed by atoms with van der Waals surface area (Å²) in [4.78, 5) is 0. The van der Waals surface area contributed by atoms with Crippen LogP contribution >= 0.6 is 27.7 Å². The highest BCUT2D eigenvalue weighted by Gasteiger charge is 2.27. The quantitative estimate of drug-likeness (QED) is 0.899. The maximum Gasteiger partial charge on any atom is 0.0738 e. The van der Waals surface area contributed by atoms with E-state index >= 15 is 0 Å². The number of hydrogen-bond acceptors (Lipinski definition) is 3. The molecule has 2 unspecified atom stereocenters. The minimum absolute atomic E-state index is 0.564. The van der Waals surface area contributed by atoms with Crippen molar-refractivity contribution in [3.63, 3.8) is 0 Å². The van der Waals surface area contributed by atoms with Crippen LogP contribution in [0.15, 0.2) is 4.47 Å². The van der Waals surface area contributed by atoms with E-state index in [2.05, 4.69) is 52.0 Å². The lowest BCUT2D eigenvalue weighted by Crippen LogP contribution is -2.39. The van der Waals surface area contributed by atoms with Gasteiger partial charge in [-0.15, -0.1) is 0 Å². The zero-order chi connectivity index (χ0) is 13.1. The highest BCUT2D eigenvalue weighted by atomic mass is 79.9. The summed E-state index contributed by atoms with van der Waals surface area (Å²) in [7, 11) is 2.04. The summed E-state index contributed by atoms with van der Waals surface area (Å²) in [6, 6.07) is 0.564. The summed E-state index contributed by atoms with van der Waals surface area (Å²) in [5.74, 6) is 1.32. The van der Waals surface area contributed by atoms with E-state index in [1.165, 1.54) is 28.8 Å². The molecule has 1 aromatic rings. The SMILES string of the molecule is CCNC(Cc1c(Br)c(C)nn1C)C1CCCS1. The molecule has 102 valence electrons. The van der Waals surface area contributed by atoms with Crippen molar-refractivity contribution >= 4 is 27.7 Å². The summed E-state index contributed by atoms with van der Waals surface area (Å²) in [5.41, 5.74) is 2.40. The minimum Gasteiger partial charge on any atom is -0.313 e. The summed E-state index contributed by atoms with van der Waals surface area (Å²) in [6.45, 7) is 5.28. The van der Waals surface area contributed by atoms with Crippen LogP contribution in [0.25, 0.3) is 0 Å². The lowest BCUT2D eigenvalue weighted by molar-refractivity contribution is 0.481. The molecule has 1 saturated heterocycles. The van der Waals surface area contributed by atoms with Crippen molar-refractivity contribution in [2.75, 3.05) is 12.3 Å². The van der Waals surface area contributed by atoms with Gasteiger partial charge >= 0.3 is 0 Å². The molecule has 3 nitrogen and oxygen atoms in total. The molecule has 1 aromatic heterocycles. The van der Waals surface area contributed by atoms with Gasteiger partial charge in [-0.25, -0.2) is 0 Å². The molecule has 1 aliphatic heterocycles. The fourth-order valence-corrected chi connectivity index (χ4v) is 4.52. The molecule has 0 saturated carbocycles. The van der Waals surface area contributed by atoms with E-state index in [9.17, 15) is 0 Å². The molecule has 2 rings (SSSR count). The number of thioether (sulfide) groups is 1. The number of hydrogen-bond donors (Lipinski definition) is 1. The largest absolute Gasteiger partial charge is 0.313 e. The predicted molar refractivity (Wildman–Crippen MR) is 82.3 cm³/mol. The number of rotatable bonds is 5. The molecule has 0 amide bonds. The molecule has 0 spiro atoms. The Morgan fingerprint density at radius 3 is 2.89 bits per heavy atom. The van der Waals surface area contributed by atoms with Crippen molar-refractivity contribution in [2.24, 2.45) is 7.05 Å². The fourth-order valence-electron chi connectivity index (χ4n) is 2.63. The molecule has 1 fully saturated rings. The highest BCUT2D eigenvalue weighted by Crippen LogP contribution is 2.31. The van der Waals surface area contributed by atoms with Crippen LogP contribution in [0.2, 0.25) is 0 Å². The van der Waals surface area contributed by atoms with E-state index in [0.717, 1.165) is 23.9 Å². The van der Waals surface area contributed by atoms with Gasteiger partial charge in [-0.3, -0.25) is 4.68 Å². The van der Waals surface area contributed by atoms with Crippen LogP contribution in [-0.2, 0) is 13.5 Å². The van der Waals surface area contributed by atoms with E-state index in [4.69, 9.17) is 0 Å². The third kappa shape index (κ3) is 3.11. The first kappa shape index (κ1) is 14.4. The molecule has 0 radical (unpaired) electrons. The minimum atomic E-state index is 0.564. The molecular formula is C13H22BrN3S. The Labute approximate surface area is 122 Å². The molecule has 0 bridgehead atoms. The molecule has 0 aromatic carbocycles. The molecule has 2 heterocycles. The van der Waals surface area contributed by atoms with E-state index in [1.54, 1.807) is 0 Å². The Kier molecular flexibility index (Phi) is 5.15. The fraction of sp³-hybridized carbons (Fsp3) is 0.769. The zero-order valence-corrected chi connectivity index (χ0v) is 13.8. The molecule has 0 aliphatic carbocycles. The maximum atomic E-state index is 4.49. The van der Waals surface area contributed by atoms with Crippen molar-refractivity contribution in [2.45, 2.75) is 44.4 Å². The van der Waals surface area contributed by atoms with Crippen molar-refractivity contribution < 1.29 is 0 Å². The van der Waals surface area contributed by atoms with Crippen molar-refractivity contribution in [3.05, 3.63) is 15.9 Å². The first-order valence-corrected chi connectivity index (χ1v) is 8.50. The normalized spacial score (nSPS) is 21.4. The third-order valence-electron chi connectivity index (χ3n) is 3.55. The summed E-state index contributed by atoms with van der Waals surface area (Å²) >= 11 is 5.79. The molecule has 2 atom stereocenters. The third-order valence-corrected chi connectivity index (χ3v) is 6.10. The van der Waals surface area contributed by atoms with Crippen LogP contribution < -0.4 is 5.32 Å². The molecule has 18 heavy (non-hydrogen) atoms. The Bertz CT molecular complexity index is 399. The second kappa shape index (κ2) is 6.44. The predicted octanol–water partition coefficient (Wildman–Crippen LogP) is 2.91. The van der Waals surface area contributed by atoms with E-state index in [1.807, 2.05) is 11.7 Å². The van der Waals surface area contributed by atoms with Crippen LogP contribution in [0.3, 0.4) is 0 Å². The van der Waals surface area contributed by atoms with Crippen LogP contribution in [0.5, 0.6) is 0 Å². The average molecular weight is 332 g/mol. The van der Waals surface area contributed by atoms with Crippen molar-refractivity contribution in [1.82, 2.24) is 15.1 Å². The van der Waals surface area contributed by atoms with Crippen LogP contribution in [-0.4, -0.2) is 33.4 Å². The van der Waals surface area contributed by atoms with E-state index in [0.29, 0.717) is 6.04 Å². The van der Waals surface area contributed by atoms with Crippen LogP contribution in [0.4, 0.5) is 0 Å². The highest BCUT2D eigenvalue weighted by molar-refractivity contribution is 9.10. The molecule has 1 aliphatic rings. The van der Waals surface area contributed by atoms with Gasteiger partial charge in [0.05, 0.1) is 15.9 Å². The zero-order valence-electron chi connectivity index (χ0n) is 11.4. The second-order valence-corrected chi connectivity index (χ2v) is 7.03. The summed E-state index contributed by atoms with van der Waals surface area (Å²) < 4.78 is 3.19. The number of nitrogens with zero attached hydrogens (tertiary/aromatic N) is 2.